The molecule has 0 unspecified atom stereocenters. The van der Waals surface area contributed by atoms with Crippen LogP contribution in [0.25, 0.3) is 0 Å². The Morgan fingerprint density at radius 1 is 1.10 bits per heavy atom. The Morgan fingerprint density at radius 3 is 2.65 bits per heavy atom. The van der Waals surface area contributed by atoms with Crippen LogP contribution < -0.4 is 10.1 Å². The van der Waals surface area contributed by atoms with Gasteiger partial charge in [0.15, 0.2) is 0 Å². The number of methoxy groups -OCH3 is 1. The van der Waals surface area contributed by atoms with Crippen LogP contribution in [-0.4, -0.2) is 20.3 Å². The van der Waals surface area contributed by atoms with Crippen molar-refractivity contribution >= 4 is 0 Å². The van der Waals surface area contributed by atoms with Gasteiger partial charge in [0.25, 0.3) is 0 Å². The fraction of sp³-hybridized carbons (Fsp3) is 0.647. The van der Waals surface area contributed by atoms with Crippen LogP contribution in [0.4, 0.5) is 0 Å². The third-order valence-electron chi connectivity index (χ3n) is 3.32. The minimum atomic E-state index is 0.634. The second-order valence-electron chi connectivity index (χ2n) is 5.04. The van der Waals surface area contributed by atoms with Crippen LogP contribution in [0, 0.1) is 0 Å². The first-order chi connectivity index (χ1) is 9.81. The molecule has 1 aromatic rings. The molecule has 20 heavy (non-hydrogen) atoms. The first-order valence-corrected chi connectivity index (χ1v) is 7.76. The zero-order valence-corrected chi connectivity index (χ0v) is 13.2. The van der Waals surface area contributed by atoms with Crippen molar-refractivity contribution < 1.29 is 9.47 Å². The van der Waals surface area contributed by atoms with Gasteiger partial charge in [-0.15, -0.1) is 0 Å². The molecule has 0 heterocycles. The van der Waals surface area contributed by atoms with Gasteiger partial charge in [-0.25, -0.2) is 0 Å². The van der Waals surface area contributed by atoms with E-state index in [4.69, 9.17) is 9.47 Å². The molecule has 0 spiro atoms. The zero-order valence-electron chi connectivity index (χ0n) is 13.2. The smallest absolute Gasteiger partial charge is 0.124 e. The van der Waals surface area contributed by atoms with Crippen molar-refractivity contribution in [3.8, 4) is 5.75 Å². The molecule has 0 radical (unpaired) electrons. The summed E-state index contributed by atoms with van der Waals surface area (Å²) in [6, 6.07) is 6.31. The van der Waals surface area contributed by atoms with Gasteiger partial charge < -0.3 is 14.8 Å². The molecule has 1 N–H and O–H groups in total. The van der Waals surface area contributed by atoms with Crippen molar-refractivity contribution in [3.05, 3.63) is 29.3 Å². The van der Waals surface area contributed by atoms with Crippen LogP contribution >= 0.6 is 0 Å². The monoisotopic (exact) mass is 279 g/mol. The zero-order chi connectivity index (χ0) is 14.6. The summed E-state index contributed by atoms with van der Waals surface area (Å²) in [5.74, 6) is 0.916. The number of hydrogen-bond acceptors (Lipinski definition) is 3. The molecule has 0 saturated carbocycles. The maximum atomic E-state index is 5.77. The molecule has 1 aromatic carbocycles. The molecule has 114 valence electrons. The van der Waals surface area contributed by atoms with Crippen LogP contribution in [0.5, 0.6) is 5.75 Å². The van der Waals surface area contributed by atoms with E-state index in [9.17, 15) is 0 Å². The molecular weight excluding hydrogens is 250 g/mol. The van der Waals surface area contributed by atoms with Crippen molar-refractivity contribution in [2.75, 3.05) is 20.3 Å². The number of unbranched alkanes of at least 4 members (excludes halogenated alkanes) is 3. The second kappa shape index (κ2) is 10.7. The molecular formula is C17H29NO2. The normalized spacial score (nSPS) is 10.8. The summed E-state index contributed by atoms with van der Waals surface area (Å²) < 4.78 is 11.2. The number of rotatable bonds is 11. The summed E-state index contributed by atoms with van der Waals surface area (Å²) in [6.45, 7) is 7.68. The van der Waals surface area contributed by atoms with Gasteiger partial charge in [0.2, 0.25) is 0 Å². The number of benzene rings is 1. The van der Waals surface area contributed by atoms with Crippen molar-refractivity contribution in [2.45, 2.75) is 52.7 Å². The minimum absolute atomic E-state index is 0.634. The van der Waals surface area contributed by atoms with E-state index in [1.807, 2.05) is 6.07 Å². The van der Waals surface area contributed by atoms with E-state index in [-0.39, 0.29) is 0 Å². The molecule has 0 aliphatic carbocycles. The van der Waals surface area contributed by atoms with Gasteiger partial charge in [0.1, 0.15) is 5.75 Å². The van der Waals surface area contributed by atoms with Gasteiger partial charge in [-0.05, 0) is 30.7 Å². The minimum Gasteiger partial charge on any atom is -0.496 e. The van der Waals surface area contributed by atoms with E-state index < -0.39 is 0 Å². The van der Waals surface area contributed by atoms with E-state index in [1.54, 1.807) is 7.11 Å². The maximum absolute atomic E-state index is 5.77. The molecule has 0 aliphatic heterocycles. The number of ether oxygens (including phenoxy) is 2. The van der Waals surface area contributed by atoms with Gasteiger partial charge in [0.05, 0.1) is 13.7 Å². The van der Waals surface area contributed by atoms with Crippen LogP contribution in [0.15, 0.2) is 18.2 Å². The van der Waals surface area contributed by atoms with E-state index in [0.29, 0.717) is 6.61 Å². The molecule has 0 amide bonds. The van der Waals surface area contributed by atoms with Gasteiger partial charge in [-0.1, -0.05) is 39.2 Å². The second-order valence-corrected chi connectivity index (χ2v) is 5.04. The summed E-state index contributed by atoms with van der Waals surface area (Å²) in [6.07, 6.45) is 4.96. The van der Waals surface area contributed by atoms with Crippen molar-refractivity contribution in [3.63, 3.8) is 0 Å². The SMILES string of the molecule is CCCCCCOCc1cc(CNCC)ccc1OC. The molecule has 0 fully saturated rings. The quantitative estimate of drug-likeness (QED) is 0.623. The lowest BCUT2D eigenvalue weighted by Gasteiger charge is -2.12. The Hall–Kier alpha value is -1.06. The van der Waals surface area contributed by atoms with Crippen molar-refractivity contribution in [1.29, 1.82) is 0 Å². The van der Waals surface area contributed by atoms with Crippen LogP contribution in [0.2, 0.25) is 0 Å². The van der Waals surface area contributed by atoms with Gasteiger partial charge in [-0.3, -0.25) is 0 Å². The highest BCUT2D eigenvalue weighted by Gasteiger charge is 2.04. The molecule has 3 heteroatoms. The van der Waals surface area contributed by atoms with E-state index in [1.165, 1.54) is 24.8 Å². The summed E-state index contributed by atoms with van der Waals surface area (Å²) >= 11 is 0. The highest BCUT2D eigenvalue weighted by molar-refractivity contribution is 5.36. The van der Waals surface area contributed by atoms with Crippen LogP contribution in [0.1, 0.15) is 50.7 Å². The highest BCUT2D eigenvalue weighted by atomic mass is 16.5. The Bertz CT molecular complexity index is 366. The average Bonchev–Trinajstić information content (AvgIpc) is 2.48. The maximum Gasteiger partial charge on any atom is 0.124 e. The first-order valence-electron chi connectivity index (χ1n) is 7.76. The van der Waals surface area contributed by atoms with Crippen molar-refractivity contribution in [2.24, 2.45) is 0 Å². The lowest BCUT2D eigenvalue weighted by atomic mass is 10.1. The largest absolute Gasteiger partial charge is 0.496 e. The van der Waals surface area contributed by atoms with E-state index in [2.05, 4.69) is 31.3 Å². The molecule has 0 aromatic heterocycles. The van der Waals surface area contributed by atoms with Crippen molar-refractivity contribution in [1.82, 2.24) is 5.32 Å². The topological polar surface area (TPSA) is 30.5 Å². The summed E-state index contributed by atoms with van der Waals surface area (Å²) in [5.41, 5.74) is 2.41. The Balaban J connectivity index is 2.44. The predicted octanol–water partition coefficient (Wildman–Crippen LogP) is 3.90. The van der Waals surface area contributed by atoms with Gasteiger partial charge in [-0.2, -0.15) is 0 Å². The van der Waals surface area contributed by atoms with Gasteiger partial charge in [0, 0.05) is 18.7 Å². The predicted molar refractivity (Wildman–Crippen MR) is 84.2 cm³/mol. The molecule has 1 rings (SSSR count). The summed E-state index contributed by atoms with van der Waals surface area (Å²) in [5, 5.41) is 3.34. The fourth-order valence-electron chi connectivity index (χ4n) is 2.14. The summed E-state index contributed by atoms with van der Waals surface area (Å²) in [4.78, 5) is 0. The molecule has 0 aliphatic rings. The molecule has 0 bridgehead atoms. The standard InChI is InChI=1S/C17H29NO2/c1-4-6-7-8-11-20-14-16-12-15(13-18-5-2)9-10-17(16)19-3/h9-10,12,18H,4-8,11,13-14H2,1-3H3. The Kier molecular flexibility index (Phi) is 9.09. The van der Waals surface area contributed by atoms with E-state index >= 15 is 0 Å². The Morgan fingerprint density at radius 2 is 1.95 bits per heavy atom. The summed E-state index contributed by atoms with van der Waals surface area (Å²) in [7, 11) is 1.71. The molecule has 3 nitrogen and oxygen atoms in total. The Labute approximate surface area is 123 Å². The van der Waals surface area contributed by atoms with Crippen LogP contribution in [0.3, 0.4) is 0 Å². The van der Waals surface area contributed by atoms with Crippen LogP contribution in [-0.2, 0) is 17.9 Å². The fourth-order valence-corrected chi connectivity index (χ4v) is 2.14. The third kappa shape index (κ3) is 6.40. The molecule has 0 atom stereocenters. The van der Waals surface area contributed by atoms with Gasteiger partial charge >= 0.3 is 0 Å². The van der Waals surface area contributed by atoms with E-state index in [0.717, 1.165) is 37.4 Å². The highest BCUT2D eigenvalue weighted by Crippen LogP contribution is 2.21. The number of nitrogens with one attached hydrogen (secondary N) is 1. The lowest BCUT2D eigenvalue weighted by molar-refractivity contribution is 0.115. The lowest BCUT2D eigenvalue weighted by Crippen LogP contribution is -2.12. The molecule has 0 saturated heterocycles. The average molecular weight is 279 g/mol. The number of hydrogen-bond donors (Lipinski definition) is 1. The first kappa shape index (κ1) is 17.0. The third-order valence-corrected chi connectivity index (χ3v) is 3.32.